The number of nitrogens with zero attached hydrogens (tertiary/aromatic N) is 3. The minimum absolute atomic E-state index is 0.231. The molecule has 0 unspecified atom stereocenters. The van der Waals surface area contributed by atoms with Gasteiger partial charge in [0.25, 0.3) is 0 Å². The third kappa shape index (κ3) is 1.22. The van der Waals surface area contributed by atoms with Crippen molar-refractivity contribution >= 4 is 5.65 Å². The molecule has 0 aromatic carbocycles. The Hall–Kier alpha value is -2.43. The molecule has 0 aliphatic rings. The fraction of sp³-hybridized carbons (Fsp3) is 0. The lowest BCUT2D eigenvalue weighted by atomic mass is 10.1. The van der Waals surface area contributed by atoms with Crippen LogP contribution in [-0.4, -0.2) is 19.6 Å². The van der Waals surface area contributed by atoms with E-state index in [1.54, 1.807) is 18.6 Å². The van der Waals surface area contributed by atoms with Crippen molar-refractivity contribution in [3.05, 3.63) is 53.3 Å². The summed E-state index contributed by atoms with van der Waals surface area (Å²) in [6, 6.07) is 7.51. The molecule has 0 atom stereocenters. The summed E-state index contributed by atoms with van der Waals surface area (Å²) in [5, 5.41) is 6.43. The molecule has 0 amide bonds. The van der Waals surface area contributed by atoms with Gasteiger partial charge >= 0.3 is 5.69 Å². The first-order chi connectivity index (χ1) is 7.86. The first-order valence-electron chi connectivity index (χ1n) is 4.82. The van der Waals surface area contributed by atoms with Crippen LogP contribution in [0.2, 0.25) is 0 Å². The number of aromatic amines is 1. The normalized spacial score (nSPS) is 10.8. The molecule has 5 heteroatoms. The van der Waals surface area contributed by atoms with E-state index < -0.39 is 0 Å². The molecule has 78 valence electrons. The molecule has 3 aromatic rings. The van der Waals surface area contributed by atoms with Crippen LogP contribution in [-0.2, 0) is 0 Å². The summed E-state index contributed by atoms with van der Waals surface area (Å²) in [6.45, 7) is 0. The number of pyridine rings is 2. The Morgan fingerprint density at radius 1 is 1.19 bits per heavy atom. The van der Waals surface area contributed by atoms with Crippen LogP contribution in [0.1, 0.15) is 0 Å². The fourth-order valence-electron chi connectivity index (χ4n) is 1.69. The van der Waals surface area contributed by atoms with Crippen LogP contribution in [0.25, 0.3) is 16.8 Å². The predicted molar refractivity (Wildman–Crippen MR) is 59.0 cm³/mol. The second kappa shape index (κ2) is 3.30. The van der Waals surface area contributed by atoms with Gasteiger partial charge in [0.2, 0.25) is 0 Å². The van der Waals surface area contributed by atoms with Crippen LogP contribution >= 0.6 is 0 Å². The van der Waals surface area contributed by atoms with Crippen LogP contribution in [0.3, 0.4) is 0 Å². The Morgan fingerprint density at radius 3 is 2.81 bits per heavy atom. The highest BCUT2D eigenvalue weighted by atomic mass is 16.1. The third-order valence-electron chi connectivity index (χ3n) is 2.43. The van der Waals surface area contributed by atoms with Crippen molar-refractivity contribution in [2.75, 3.05) is 0 Å². The van der Waals surface area contributed by atoms with Crippen LogP contribution in [0.4, 0.5) is 0 Å². The van der Waals surface area contributed by atoms with Crippen molar-refractivity contribution in [1.29, 1.82) is 0 Å². The molecule has 16 heavy (non-hydrogen) atoms. The average Bonchev–Trinajstić information content (AvgIpc) is 2.73. The second-order valence-corrected chi connectivity index (χ2v) is 3.38. The molecule has 0 aliphatic carbocycles. The molecule has 0 bridgehead atoms. The summed E-state index contributed by atoms with van der Waals surface area (Å²) in [7, 11) is 0. The molecule has 3 rings (SSSR count). The number of H-pyrrole nitrogens is 1. The second-order valence-electron chi connectivity index (χ2n) is 3.38. The van der Waals surface area contributed by atoms with Gasteiger partial charge in [0.1, 0.15) is 0 Å². The van der Waals surface area contributed by atoms with Crippen molar-refractivity contribution in [2.24, 2.45) is 0 Å². The number of hydrogen-bond acceptors (Lipinski definition) is 3. The van der Waals surface area contributed by atoms with E-state index in [-0.39, 0.29) is 5.69 Å². The van der Waals surface area contributed by atoms with Crippen LogP contribution in [0, 0.1) is 0 Å². The molecule has 0 saturated carbocycles. The lowest BCUT2D eigenvalue weighted by molar-refractivity contribution is 1.02. The summed E-state index contributed by atoms with van der Waals surface area (Å²) in [4.78, 5) is 15.4. The van der Waals surface area contributed by atoms with E-state index in [9.17, 15) is 4.79 Å². The molecule has 1 N–H and O–H groups in total. The van der Waals surface area contributed by atoms with E-state index in [1.807, 2.05) is 24.3 Å². The summed E-state index contributed by atoms with van der Waals surface area (Å²) in [5.41, 5.74) is 2.28. The lowest BCUT2D eigenvalue weighted by Crippen LogP contribution is -2.08. The van der Waals surface area contributed by atoms with E-state index in [0.717, 1.165) is 11.1 Å². The number of fused-ring (bicyclic) bond motifs is 1. The zero-order valence-electron chi connectivity index (χ0n) is 8.29. The van der Waals surface area contributed by atoms with Gasteiger partial charge in [-0.15, -0.1) is 0 Å². The monoisotopic (exact) mass is 212 g/mol. The van der Waals surface area contributed by atoms with Crippen molar-refractivity contribution in [3.8, 4) is 11.1 Å². The minimum atomic E-state index is -0.231. The highest BCUT2D eigenvalue weighted by molar-refractivity contribution is 5.76. The molecule has 0 radical (unpaired) electrons. The Morgan fingerprint density at radius 2 is 2.00 bits per heavy atom. The van der Waals surface area contributed by atoms with Crippen molar-refractivity contribution in [1.82, 2.24) is 19.6 Å². The van der Waals surface area contributed by atoms with Gasteiger partial charge in [0.05, 0.1) is 0 Å². The van der Waals surface area contributed by atoms with Gasteiger partial charge in [-0.3, -0.25) is 4.98 Å². The van der Waals surface area contributed by atoms with E-state index in [4.69, 9.17) is 0 Å². The van der Waals surface area contributed by atoms with Crippen molar-refractivity contribution < 1.29 is 0 Å². The number of rotatable bonds is 1. The highest BCUT2D eigenvalue weighted by Crippen LogP contribution is 2.20. The molecule has 0 fully saturated rings. The standard InChI is InChI=1S/C11H8N4O/c16-11-14-13-10-9(2-1-7-15(10)11)8-3-5-12-6-4-8/h1-7H,(H,14,16). The summed E-state index contributed by atoms with van der Waals surface area (Å²) in [6.07, 6.45) is 5.11. The molecule has 3 heterocycles. The lowest BCUT2D eigenvalue weighted by Gasteiger charge is -2.01. The zero-order chi connectivity index (χ0) is 11.0. The molecule has 0 aliphatic heterocycles. The maximum absolute atomic E-state index is 11.4. The number of nitrogens with one attached hydrogen (secondary N) is 1. The van der Waals surface area contributed by atoms with E-state index in [2.05, 4.69) is 15.2 Å². The molecule has 3 aromatic heterocycles. The Kier molecular flexibility index (Phi) is 1.83. The van der Waals surface area contributed by atoms with Gasteiger partial charge in [-0.1, -0.05) is 0 Å². The Bertz CT molecular complexity index is 684. The van der Waals surface area contributed by atoms with Gasteiger partial charge in [-0.2, -0.15) is 5.10 Å². The minimum Gasteiger partial charge on any atom is -0.265 e. The Balaban J connectivity index is 2.37. The van der Waals surface area contributed by atoms with Crippen LogP contribution in [0.5, 0.6) is 0 Å². The zero-order valence-corrected chi connectivity index (χ0v) is 8.29. The average molecular weight is 212 g/mol. The van der Waals surface area contributed by atoms with Gasteiger partial charge in [0.15, 0.2) is 5.65 Å². The van der Waals surface area contributed by atoms with Crippen LogP contribution in [0.15, 0.2) is 47.7 Å². The van der Waals surface area contributed by atoms with E-state index >= 15 is 0 Å². The third-order valence-corrected chi connectivity index (χ3v) is 2.43. The number of hydrogen-bond donors (Lipinski definition) is 1. The van der Waals surface area contributed by atoms with Gasteiger partial charge < -0.3 is 0 Å². The highest BCUT2D eigenvalue weighted by Gasteiger charge is 2.06. The molecule has 0 spiro atoms. The summed E-state index contributed by atoms with van der Waals surface area (Å²) < 4.78 is 1.48. The Labute approximate surface area is 90.4 Å². The largest absolute Gasteiger partial charge is 0.347 e. The van der Waals surface area contributed by atoms with Gasteiger partial charge in [0, 0.05) is 24.2 Å². The molecule has 0 saturated heterocycles. The van der Waals surface area contributed by atoms with Gasteiger partial charge in [-0.05, 0) is 29.8 Å². The van der Waals surface area contributed by atoms with E-state index in [0.29, 0.717) is 5.65 Å². The summed E-state index contributed by atoms with van der Waals surface area (Å²) in [5.74, 6) is 0. The van der Waals surface area contributed by atoms with Crippen LogP contribution < -0.4 is 5.69 Å². The predicted octanol–water partition coefficient (Wildman–Crippen LogP) is 1.08. The van der Waals surface area contributed by atoms with Crippen molar-refractivity contribution in [2.45, 2.75) is 0 Å². The topological polar surface area (TPSA) is 63.0 Å². The maximum Gasteiger partial charge on any atom is 0.347 e. The maximum atomic E-state index is 11.4. The summed E-state index contributed by atoms with van der Waals surface area (Å²) >= 11 is 0. The molecular weight excluding hydrogens is 204 g/mol. The van der Waals surface area contributed by atoms with E-state index in [1.165, 1.54) is 4.40 Å². The van der Waals surface area contributed by atoms with Gasteiger partial charge in [-0.25, -0.2) is 14.3 Å². The first-order valence-corrected chi connectivity index (χ1v) is 4.82. The molecule has 5 nitrogen and oxygen atoms in total. The van der Waals surface area contributed by atoms with Crippen molar-refractivity contribution in [3.63, 3.8) is 0 Å². The quantitative estimate of drug-likeness (QED) is 0.656. The smallest absolute Gasteiger partial charge is 0.265 e. The molecular formula is C11H8N4O. The fourth-order valence-corrected chi connectivity index (χ4v) is 1.69. The first kappa shape index (κ1) is 8.84. The SMILES string of the molecule is O=c1[nH]nc2c(-c3ccncc3)cccn12. The number of aromatic nitrogens is 4.